The Kier molecular flexibility index (Phi) is 3.38. The zero-order valence-corrected chi connectivity index (χ0v) is 9.44. The second-order valence-electron chi connectivity index (χ2n) is 3.67. The Morgan fingerprint density at radius 3 is 2.67 bits per heavy atom. The Bertz CT molecular complexity index is 311. The van der Waals surface area contributed by atoms with Gasteiger partial charge in [-0.05, 0) is 25.0 Å². The smallest absolute Gasteiger partial charge is 0.151 e. The van der Waals surface area contributed by atoms with Gasteiger partial charge < -0.3 is 9.64 Å². The molecule has 2 heterocycles. The Morgan fingerprint density at radius 1 is 1.33 bits per heavy atom. The molecule has 0 aliphatic carbocycles. The van der Waals surface area contributed by atoms with Crippen LogP contribution in [0.25, 0.3) is 0 Å². The summed E-state index contributed by atoms with van der Waals surface area (Å²) in [6.07, 6.45) is 2.08. The highest BCUT2D eigenvalue weighted by Crippen LogP contribution is 2.19. The molecular formula is C10H14ClN3O. The number of hydrogen-bond donors (Lipinski definition) is 0. The van der Waals surface area contributed by atoms with E-state index in [1.54, 1.807) is 6.07 Å². The van der Waals surface area contributed by atoms with Crippen LogP contribution in [0.2, 0.25) is 5.15 Å². The zero-order valence-electron chi connectivity index (χ0n) is 8.69. The van der Waals surface area contributed by atoms with E-state index in [0.717, 1.165) is 31.9 Å². The SMILES string of the molecule is CN(c1ccc(Cl)nn1)C1CCOCC1. The average molecular weight is 228 g/mol. The molecule has 5 heteroatoms. The molecular weight excluding hydrogens is 214 g/mol. The first-order valence-corrected chi connectivity index (χ1v) is 5.45. The molecule has 0 radical (unpaired) electrons. The Balaban J connectivity index is 2.05. The van der Waals surface area contributed by atoms with Gasteiger partial charge in [0, 0.05) is 26.3 Å². The van der Waals surface area contributed by atoms with E-state index >= 15 is 0 Å². The maximum atomic E-state index is 5.69. The zero-order chi connectivity index (χ0) is 10.7. The van der Waals surface area contributed by atoms with E-state index in [9.17, 15) is 0 Å². The number of halogens is 1. The van der Waals surface area contributed by atoms with Crippen molar-refractivity contribution in [2.45, 2.75) is 18.9 Å². The van der Waals surface area contributed by atoms with E-state index in [4.69, 9.17) is 16.3 Å². The summed E-state index contributed by atoms with van der Waals surface area (Å²) < 4.78 is 5.32. The van der Waals surface area contributed by atoms with E-state index < -0.39 is 0 Å². The molecule has 82 valence electrons. The predicted molar refractivity (Wildman–Crippen MR) is 59.3 cm³/mol. The van der Waals surface area contributed by atoms with Gasteiger partial charge in [0.2, 0.25) is 0 Å². The summed E-state index contributed by atoms with van der Waals surface area (Å²) in [5, 5.41) is 8.32. The number of anilines is 1. The maximum absolute atomic E-state index is 5.69. The average Bonchev–Trinajstić information content (AvgIpc) is 2.30. The largest absolute Gasteiger partial charge is 0.381 e. The van der Waals surface area contributed by atoms with E-state index in [1.807, 2.05) is 13.1 Å². The van der Waals surface area contributed by atoms with Crippen molar-refractivity contribution in [3.8, 4) is 0 Å². The molecule has 1 aromatic rings. The van der Waals surface area contributed by atoms with Crippen molar-refractivity contribution >= 4 is 17.4 Å². The number of ether oxygens (including phenoxy) is 1. The van der Waals surface area contributed by atoms with Gasteiger partial charge in [-0.2, -0.15) is 0 Å². The van der Waals surface area contributed by atoms with Gasteiger partial charge in [0.15, 0.2) is 11.0 Å². The summed E-state index contributed by atoms with van der Waals surface area (Å²) in [6, 6.07) is 4.15. The van der Waals surface area contributed by atoms with Crippen LogP contribution in [0, 0.1) is 0 Å². The highest BCUT2D eigenvalue weighted by molar-refractivity contribution is 6.29. The van der Waals surface area contributed by atoms with Crippen molar-refractivity contribution < 1.29 is 4.74 Å². The van der Waals surface area contributed by atoms with Gasteiger partial charge in [0.25, 0.3) is 0 Å². The second kappa shape index (κ2) is 4.77. The summed E-state index contributed by atoms with van der Waals surface area (Å²) in [6.45, 7) is 1.66. The second-order valence-corrected chi connectivity index (χ2v) is 4.06. The van der Waals surface area contributed by atoms with Crippen LogP contribution in [-0.4, -0.2) is 36.5 Å². The molecule has 4 nitrogen and oxygen atoms in total. The van der Waals surface area contributed by atoms with Crippen molar-refractivity contribution in [2.75, 3.05) is 25.2 Å². The number of nitrogens with zero attached hydrogens (tertiary/aromatic N) is 3. The molecule has 0 amide bonds. The molecule has 1 aliphatic rings. The van der Waals surface area contributed by atoms with Crippen LogP contribution >= 0.6 is 11.6 Å². The third-order valence-corrected chi connectivity index (χ3v) is 2.92. The van der Waals surface area contributed by atoms with Crippen molar-refractivity contribution in [1.29, 1.82) is 0 Å². The third kappa shape index (κ3) is 2.58. The van der Waals surface area contributed by atoms with Crippen LogP contribution in [0.1, 0.15) is 12.8 Å². The molecule has 0 bridgehead atoms. The first kappa shape index (κ1) is 10.6. The summed E-state index contributed by atoms with van der Waals surface area (Å²) in [5.41, 5.74) is 0. The lowest BCUT2D eigenvalue weighted by Gasteiger charge is -2.31. The minimum Gasteiger partial charge on any atom is -0.381 e. The monoisotopic (exact) mass is 227 g/mol. The highest BCUT2D eigenvalue weighted by atomic mass is 35.5. The van der Waals surface area contributed by atoms with Gasteiger partial charge in [-0.1, -0.05) is 11.6 Å². The van der Waals surface area contributed by atoms with Crippen LogP contribution in [0.15, 0.2) is 12.1 Å². The molecule has 0 N–H and O–H groups in total. The summed E-state index contributed by atoms with van der Waals surface area (Å²) in [4.78, 5) is 2.14. The molecule has 1 saturated heterocycles. The van der Waals surface area contributed by atoms with Crippen LogP contribution in [-0.2, 0) is 4.74 Å². The standard InChI is InChI=1S/C10H14ClN3O/c1-14(8-4-6-15-7-5-8)10-3-2-9(11)12-13-10/h2-3,8H,4-7H2,1H3. The Labute approximate surface area is 94.2 Å². The third-order valence-electron chi connectivity index (χ3n) is 2.72. The molecule has 0 aromatic carbocycles. The normalized spacial score (nSPS) is 17.7. The minimum atomic E-state index is 0.430. The molecule has 1 aliphatic heterocycles. The Hall–Kier alpha value is -0.870. The van der Waals surface area contributed by atoms with Crippen molar-refractivity contribution in [3.05, 3.63) is 17.3 Å². The number of hydrogen-bond acceptors (Lipinski definition) is 4. The van der Waals surface area contributed by atoms with Gasteiger partial charge in [-0.15, -0.1) is 10.2 Å². The molecule has 1 fully saturated rings. The summed E-state index contributed by atoms with van der Waals surface area (Å²) >= 11 is 5.69. The first-order chi connectivity index (χ1) is 7.27. The van der Waals surface area contributed by atoms with Crippen molar-refractivity contribution in [3.63, 3.8) is 0 Å². The maximum Gasteiger partial charge on any atom is 0.151 e. The quantitative estimate of drug-likeness (QED) is 0.772. The lowest BCUT2D eigenvalue weighted by Crippen LogP contribution is -2.37. The van der Waals surface area contributed by atoms with E-state index in [2.05, 4.69) is 15.1 Å². The van der Waals surface area contributed by atoms with Gasteiger partial charge in [-0.3, -0.25) is 0 Å². The van der Waals surface area contributed by atoms with E-state index in [1.165, 1.54) is 0 Å². The fourth-order valence-electron chi connectivity index (χ4n) is 1.76. The van der Waals surface area contributed by atoms with Crippen molar-refractivity contribution in [1.82, 2.24) is 10.2 Å². The van der Waals surface area contributed by atoms with Crippen LogP contribution in [0.3, 0.4) is 0 Å². The first-order valence-electron chi connectivity index (χ1n) is 5.07. The fraction of sp³-hybridized carbons (Fsp3) is 0.600. The molecule has 0 spiro atoms. The highest BCUT2D eigenvalue weighted by Gasteiger charge is 2.19. The van der Waals surface area contributed by atoms with E-state index in [0.29, 0.717) is 11.2 Å². The number of rotatable bonds is 2. The molecule has 0 unspecified atom stereocenters. The van der Waals surface area contributed by atoms with Crippen LogP contribution in [0.5, 0.6) is 0 Å². The summed E-state index contributed by atoms with van der Waals surface area (Å²) in [5.74, 6) is 0.867. The molecule has 0 saturated carbocycles. The Morgan fingerprint density at radius 2 is 2.07 bits per heavy atom. The van der Waals surface area contributed by atoms with Crippen LogP contribution in [0.4, 0.5) is 5.82 Å². The van der Waals surface area contributed by atoms with Crippen molar-refractivity contribution in [2.24, 2.45) is 0 Å². The molecule has 15 heavy (non-hydrogen) atoms. The lowest BCUT2D eigenvalue weighted by atomic mass is 10.1. The lowest BCUT2D eigenvalue weighted by molar-refractivity contribution is 0.0853. The topological polar surface area (TPSA) is 38.2 Å². The number of aromatic nitrogens is 2. The molecule has 0 atom stereocenters. The molecule has 2 rings (SSSR count). The van der Waals surface area contributed by atoms with Gasteiger partial charge in [0.05, 0.1) is 0 Å². The minimum absolute atomic E-state index is 0.430. The van der Waals surface area contributed by atoms with E-state index in [-0.39, 0.29) is 0 Å². The van der Waals surface area contributed by atoms with Gasteiger partial charge in [-0.25, -0.2) is 0 Å². The predicted octanol–water partition coefficient (Wildman–Crippen LogP) is 1.75. The van der Waals surface area contributed by atoms with Gasteiger partial charge >= 0.3 is 0 Å². The summed E-state index contributed by atoms with van der Waals surface area (Å²) in [7, 11) is 2.04. The van der Waals surface area contributed by atoms with Crippen LogP contribution < -0.4 is 4.90 Å². The fourth-order valence-corrected chi connectivity index (χ4v) is 1.86. The molecule has 1 aromatic heterocycles. The van der Waals surface area contributed by atoms with Gasteiger partial charge in [0.1, 0.15) is 0 Å².